The number of urea groups is 1. The summed E-state index contributed by atoms with van der Waals surface area (Å²) in [5, 5.41) is 14.1. The number of aliphatic hydroxyl groups is 1. The Labute approximate surface area is 73.3 Å². The van der Waals surface area contributed by atoms with Gasteiger partial charge in [-0.15, -0.1) is 0 Å². The molecule has 0 radical (unpaired) electrons. The fourth-order valence-electron chi connectivity index (χ4n) is 0.625. The van der Waals surface area contributed by atoms with E-state index in [0.717, 1.165) is 0 Å². The monoisotopic (exact) mass is 174 g/mol. The van der Waals surface area contributed by atoms with Crippen molar-refractivity contribution in [1.29, 1.82) is 0 Å². The minimum atomic E-state index is -0.504. The molecular formula is C8H18N2O2. The van der Waals surface area contributed by atoms with Crippen molar-refractivity contribution < 1.29 is 9.90 Å². The standard InChI is InChI=1S/C8H18N2O2/c1-6(11)5-9-7(12)10-8(2,3)4/h6,11H,5H2,1-4H3,(H2,9,10,12). The first-order valence-electron chi connectivity index (χ1n) is 4.05. The van der Waals surface area contributed by atoms with Crippen molar-refractivity contribution in [3.8, 4) is 0 Å². The van der Waals surface area contributed by atoms with Crippen molar-refractivity contribution in [2.24, 2.45) is 0 Å². The van der Waals surface area contributed by atoms with Gasteiger partial charge in [0.25, 0.3) is 0 Å². The van der Waals surface area contributed by atoms with Gasteiger partial charge in [-0.2, -0.15) is 0 Å². The number of amides is 2. The van der Waals surface area contributed by atoms with E-state index >= 15 is 0 Å². The Morgan fingerprint density at radius 1 is 1.50 bits per heavy atom. The highest BCUT2D eigenvalue weighted by atomic mass is 16.3. The summed E-state index contributed by atoms with van der Waals surface area (Å²) in [6.45, 7) is 7.60. The van der Waals surface area contributed by atoms with Gasteiger partial charge in [-0.3, -0.25) is 0 Å². The lowest BCUT2D eigenvalue weighted by Gasteiger charge is -2.21. The SMILES string of the molecule is CC(O)CNC(=O)NC(C)(C)C. The van der Waals surface area contributed by atoms with Crippen LogP contribution in [-0.2, 0) is 0 Å². The Hall–Kier alpha value is -0.770. The van der Waals surface area contributed by atoms with Crippen LogP contribution in [0.2, 0.25) is 0 Å². The molecule has 0 aromatic rings. The van der Waals surface area contributed by atoms with Gasteiger partial charge in [-0.05, 0) is 27.7 Å². The van der Waals surface area contributed by atoms with E-state index in [0.29, 0.717) is 0 Å². The second kappa shape index (κ2) is 4.30. The summed E-state index contributed by atoms with van der Waals surface area (Å²) in [6.07, 6.45) is -0.504. The average molecular weight is 174 g/mol. The van der Waals surface area contributed by atoms with Crippen LogP contribution in [0.5, 0.6) is 0 Å². The van der Waals surface area contributed by atoms with Crippen molar-refractivity contribution in [2.45, 2.75) is 39.3 Å². The summed E-state index contributed by atoms with van der Waals surface area (Å²) in [5.41, 5.74) is -0.233. The van der Waals surface area contributed by atoms with E-state index in [9.17, 15) is 4.79 Å². The normalized spacial score (nSPS) is 13.8. The third-order valence-electron chi connectivity index (χ3n) is 1.05. The summed E-state index contributed by atoms with van der Waals surface area (Å²) in [6, 6.07) is -0.247. The van der Waals surface area contributed by atoms with Crippen molar-refractivity contribution in [2.75, 3.05) is 6.54 Å². The molecule has 0 aromatic heterocycles. The number of hydrogen-bond acceptors (Lipinski definition) is 2. The summed E-state index contributed by atoms with van der Waals surface area (Å²) < 4.78 is 0. The minimum Gasteiger partial charge on any atom is -0.392 e. The van der Waals surface area contributed by atoms with Crippen LogP contribution in [0.4, 0.5) is 4.79 Å². The number of nitrogens with one attached hydrogen (secondary N) is 2. The molecular weight excluding hydrogens is 156 g/mol. The molecule has 0 rings (SSSR count). The number of hydrogen-bond donors (Lipinski definition) is 3. The lowest BCUT2D eigenvalue weighted by atomic mass is 10.1. The van der Waals surface area contributed by atoms with Gasteiger partial charge >= 0.3 is 6.03 Å². The van der Waals surface area contributed by atoms with E-state index in [1.165, 1.54) is 0 Å². The van der Waals surface area contributed by atoms with Gasteiger partial charge in [0.05, 0.1) is 6.10 Å². The van der Waals surface area contributed by atoms with E-state index in [1.807, 2.05) is 20.8 Å². The van der Waals surface area contributed by atoms with Gasteiger partial charge in [0.2, 0.25) is 0 Å². The van der Waals surface area contributed by atoms with Gasteiger partial charge in [0.15, 0.2) is 0 Å². The molecule has 4 heteroatoms. The van der Waals surface area contributed by atoms with Gasteiger partial charge in [-0.1, -0.05) is 0 Å². The highest BCUT2D eigenvalue weighted by Crippen LogP contribution is 1.97. The molecule has 0 fully saturated rings. The zero-order valence-corrected chi connectivity index (χ0v) is 8.14. The Balaban J connectivity index is 3.61. The first-order valence-corrected chi connectivity index (χ1v) is 4.05. The quantitative estimate of drug-likeness (QED) is 0.569. The third kappa shape index (κ3) is 7.34. The Bertz CT molecular complexity index is 150. The van der Waals surface area contributed by atoms with Crippen molar-refractivity contribution in [3.05, 3.63) is 0 Å². The topological polar surface area (TPSA) is 61.4 Å². The number of aliphatic hydroxyl groups excluding tert-OH is 1. The molecule has 2 amide bonds. The van der Waals surface area contributed by atoms with Gasteiger partial charge < -0.3 is 15.7 Å². The Kier molecular flexibility index (Phi) is 4.03. The Morgan fingerprint density at radius 2 is 2.00 bits per heavy atom. The van der Waals surface area contributed by atoms with Crippen LogP contribution in [0.1, 0.15) is 27.7 Å². The minimum absolute atomic E-state index is 0.233. The molecule has 72 valence electrons. The highest BCUT2D eigenvalue weighted by Gasteiger charge is 2.12. The predicted molar refractivity (Wildman–Crippen MR) is 48.0 cm³/mol. The maximum absolute atomic E-state index is 11.0. The average Bonchev–Trinajstić information content (AvgIpc) is 1.79. The highest BCUT2D eigenvalue weighted by molar-refractivity contribution is 5.74. The number of rotatable bonds is 2. The van der Waals surface area contributed by atoms with E-state index < -0.39 is 6.10 Å². The molecule has 1 atom stereocenters. The predicted octanol–water partition coefficient (Wildman–Crippen LogP) is 0.465. The van der Waals surface area contributed by atoms with E-state index in [4.69, 9.17) is 5.11 Å². The van der Waals surface area contributed by atoms with Gasteiger partial charge in [-0.25, -0.2) is 4.79 Å². The summed E-state index contributed by atoms with van der Waals surface area (Å²) in [5.74, 6) is 0. The van der Waals surface area contributed by atoms with Crippen LogP contribution >= 0.6 is 0 Å². The summed E-state index contributed by atoms with van der Waals surface area (Å²) >= 11 is 0. The van der Waals surface area contributed by atoms with E-state index in [-0.39, 0.29) is 18.1 Å². The smallest absolute Gasteiger partial charge is 0.315 e. The number of carbonyl (C=O) groups excluding carboxylic acids is 1. The van der Waals surface area contributed by atoms with Crippen molar-refractivity contribution in [3.63, 3.8) is 0 Å². The van der Waals surface area contributed by atoms with Gasteiger partial charge in [0, 0.05) is 12.1 Å². The maximum Gasteiger partial charge on any atom is 0.315 e. The molecule has 0 aliphatic heterocycles. The molecule has 0 heterocycles. The lowest BCUT2D eigenvalue weighted by Crippen LogP contribution is -2.47. The number of carbonyl (C=O) groups is 1. The van der Waals surface area contributed by atoms with Crippen molar-refractivity contribution >= 4 is 6.03 Å². The van der Waals surface area contributed by atoms with Crippen LogP contribution in [0, 0.1) is 0 Å². The van der Waals surface area contributed by atoms with E-state index in [1.54, 1.807) is 6.92 Å². The van der Waals surface area contributed by atoms with Crippen LogP contribution < -0.4 is 10.6 Å². The molecule has 0 spiro atoms. The molecule has 1 unspecified atom stereocenters. The first kappa shape index (κ1) is 11.2. The molecule has 0 aliphatic carbocycles. The van der Waals surface area contributed by atoms with Crippen LogP contribution in [0.25, 0.3) is 0 Å². The zero-order chi connectivity index (χ0) is 9.78. The molecule has 0 aliphatic rings. The van der Waals surface area contributed by atoms with Crippen LogP contribution in [-0.4, -0.2) is 29.3 Å². The zero-order valence-electron chi connectivity index (χ0n) is 8.14. The van der Waals surface area contributed by atoms with E-state index in [2.05, 4.69) is 10.6 Å². The van der Waals surface area contributed by atoms with Crippen molar-refractivity contribution in [1.82, 2.24) is 10.6 Å². The molecule has 0 aromatic carbocycles. The van der Waals surface area contributed by atoms with Gasteiger partial charge in [0.1, 0.15) is 0 Å². The third-order valence-corrected chi connectivity index (χ3v) is 1.05. The molecule has 4 nitrogen and oxygen atoms in total. The molecule has 3 N–H and O–H groups in total. The molecule has 0 bridgehead atoms. The maximum atomic E-state index is 11.0. The lowest BCUT2D eigenvalue weighted by molar-refractivity contribution is 0.185. The molecule has 0 saturated heterocycles. The van der Waals surface area contributed by atoms with Crippen LogP contribution in [0.15, 0.2) is 0 Å². The second-order valence-electron chi connectivity index (χ2n) is 3.93. The largest absolute Gasteiger partial charge is 0.392 e. The fraction of sp³-hybridized carbons (Fsp3) is 0.875. The molecule has 0 saturated carbocycles. The molecule has 12 heavy (non-hydrogen) atoms. The fourth-order valence-corrected chi connectivity index (χ4v) is 0.625. The Morgan fingerprint density at radius 3 is 2.33 bits per heavy atom. The summed E-state index contributed by atoms with van der Waals surface area (Å²) in [7, 11) is 0. The summed E-state index contributed by atoms with van der Waals surface area (Å²) in [4.78, 5) is 11.0. The first-order chi connectivity index (χ1) is 5.31. The van der Waals surface area contributed by atoms with Crippen LogP contribution in [0.3, 0.4) is 0 Å². The second-order valence-corrected chi connectivity index (χ2v) is 3.93.